The van der Waals surface area contributed by atoms with Gasteiger partial charge in [0.05, 0.1) is 18.7 Å². The number of guanidine groups is 1. The van der Waals surface area contributed by atoms with Gasteiger partial charge in [-0.05, 0) is 12.1 Å². The van der Waals surface area contributed by atoms with Gasteiger partial charge >= 0.3 is 5.97 Å². The Morgan fingerprint density at radius 1 is 1.32 bits per heavy atom. The molecule has 1 unspecified atom stereocenters. The summed E-state index contributed by atoms with van der Waals surface area (Å²) in [5, 5.41) is 13.2. The first-order valence-corrected chi connectivity index (χ1v) is 8.13. The number of anilines is 1. The number of rotatable bonds is 4. The zero-order valence-electron chi connectivity index (χ0n) is 14.9. The number of esters is 1. The van der Waals surface area contributed by atoms with Crippen LogP contribution in [-0.4, -0.2) is 68.8 Å². The van der Waals surface area contributed by atoms with Crippen LogP contribution in [0.5, 0.6) is 5.75 Å². The van der Waals surface area contributed by atoms with Crippen LogP contribution in [0.3, 0.4) is 0 Å². The second kappa shape index (κ2) is 10.3. The van der Waals surface area contributed by atoms with E-state index in [1.807, 2.05) is 25.1 Å². The van der Waals surface area contributed by atoms with Crippen molar-refractivity contribution in [1.82, 2.24) is 10.2 Å². The molecule has 0 aromatic heterocycles. The zero-order chi connectivity index (χ0) is 17.5. The Morgan fingerprint density at radius 2 is 1.96 bits per heavy atom. The molecule has 0 spiro atoms. The maximum atomic E-state index is 11.5. The minimum absolute atomic E-state index is 0. The Hall–Kier alpha value is -1.71. The molecule has 0 bridgehead atoms. The van der Waals surface area contributed by atoms with E-state index in [0.29, 0.717) is 12.3 Å². The third-order valence-electron chi connectivity index (χ3n) is 4.18. The lowest BCUT2D eigenvalue weighted by molar-refractivity contribution is -0.144. The Kier molecular flexibility index (Phi) is 8.81. The fraction of sp³-hybridized carbons (Fsp3) is 0.529. The lowest BCUT2D eigenvalue weighted by Gasteiger charge is -2.38. The Balaban J connectivity index is 0.00000312. The number of methoxy groups -OCH3 is 1. The summed E-state index contributed by atoms with van der Waals surface area (Å²) in [6, 6.07) is 7.38. The first-order valence-electron chi connectivity index (χ1n) is 8.13. The number of ether oxygens (including phenoxy) is 1. The van der Waals surface area contributed by atoms with E-state index in [9.17, 15) is 9.90 Å². The third-order valence-corrected chi connectivity index (χ3v) is 4.18. The minimum atomic E-state index is -0.234. The molecule has 1 aliphatic heterocycles. The average molecular weight is 462 g/mol. The predicted octanol–water partition coefficient (Wildman–Crippen LogP) is 1.52. The van der Waals surface area contributed by atoms with E-state index >= 15 is 0 Å². The number of piperazine rings is 1. The Labute approximate surface area is 166 Å². The number of halogens is 1. The van der Waals surface area contributed by atoms with E-state index in [1.54, 1.807) is 13.1 Å². The van der Waals surface area contributed by atoms with Gasteiger partial charge in [-0.15, -0.1) is 24.0 Å². The molecule has 25 heavy (non-hydrogen) atoms. The van der Waals surface area contributed by atoms with Gasteiger partial charge in [0.2, 0.25) is 0 Å². The van der Waals surface area contributed by atoms with Crippen molar-refractivity contribution in [3.05, 3.63) is 24.3 Å². The van der Waals surface area contributed by atoms with E-state index in [1.165, 1.54) is 7.11 Å². The molecule has 1 aliphatic rings. The van der Waals surface area contributed by atoms with Crippen LogP contribution in [0.15, 0.2) is 29.3 Å². The molecule has 2 rings (SSSR count). The molecule has 1 saturated heterocycles. The second-order valence-corrected chi connectivity index (χ2v) is 5.82. The highest BCUT2D eigenvalue weighted by Gasteiger charge is 2.22. The van der Waals surface area contributed by atoms with Crippen LogP contribution in [0.4, 0.5) is 5.69 Å². The summed E-state index contributed by atoms with van der Waals surface area (Å²) >= 11 is 0. The van der Waals surface area contributed by atoms with Crippen LogP contribution < -0.4 is 10.2 Å². The quantitative estimate of drug-likeness (QED) is 0.306. The molecule has 0 amide bonds. The topological polar surface area (TPSA) is 77.4 Å². The van der Waals surface area contributed by atoms with Crippen LogP contribution >= 0.6 is 24.0 Å². The minimum Gasteiger partial charge on any atom is -0.506 e. The molecular weight excluding hydrogens is 435 g/mol. The molecule has 0 aliphatic carbocycles. The molecule has 7 nitrogen and oxygen atoms in total. The summed E-state index contributed by atoms with van der Waals surface area (Å²) in [5.74, 6) is 0.625. The van der Waals surface area contributed by atoms with E-state index < -0.39 is 0 Å². The number of phenols is 1. The number of hydrogen-bond donors (Lipinski definition) is 2. The fourth-order valence-electron chi connectivity index (χ4n) is 2.75. The zero-order valence-corrected chi connectivity index (χ0v) is 17.3. The van der Waals surface area contributed by atoms with Crippen molar-refractivity contribution in [1.29, 1.82) is 0 Å². The number of nitrogens with zero attached hydrogens (tertiary/aromatic N) is 3. The summed E-state index contributed by atoms with van der Waals surface area (Å²) in [6.45, 7) is 5.48. The van der Waals surface area contributed by atoms with E-state index in [-0.39, 0.29) is 35.9 Å². The number of carbonyl (C=O) groups is 1. The molecule has 1 fully saturated rings. The fourth-order valence-corrected chi connectivity index (χ4v) is 2.75. The van der Waals surface area contributed by atoms with Gasteiger partial charge < -0.3 is 25.0 Å². The number of nitrogens with one attached hydrogen (secondary N) is 1. The number of carbonyl (C=O) groups excluding carboxylic acids is 1. The van der Waals surface area contributed by atoms with E-state index in [0.717, 1.165) is 37.8 Å². The number of aromatic hydroxyl groups is 1. The van der Waals surface area contributed by atoms with Crippen molar-refractivity contribution >= 4 is 41.6 Å². The highest BCUT2D eigenvalue weighted by molar-refractivity contribution is 14.0. The van der Waals surface area contributed by atoms with Crippen molar-refractivity contribution < 1.29 is 14.6 Å². The summed E-state index contributed by atoms with van der Waals surface area (Å²) < 4.78 is 4.73. The number of hydrogen-bond acceptors (Lipinski definition) is 5. The van der Waals surface area contributed by atoms with Crippen molar-refractivity contribution in [2.24, 2.45) is 10.9 Å². The number of aliphatic imine (C=N–C) groups is 1. The second-order valence-electron chi connectivity index (χ2n) is 5.82. The maximum absolute atomic E-state index is 11.5. The normalized spacial score (nSPS) is 16.0. The molecule has 0 saturated carbocycles. The lowest BCUT2D eigenvalue weighted by Crippen LogP contribution is -2.53. The van der Waals surface area contributed by atoms with Crippen molar-refractivity contribution in [3.63, 3.8) is 0 Å². The van der Waals surface area contributed by atoms with Crippen LogP contribution in [0.1, 0.15) is 6.92 Å². The molecule has 0 radical (unpaired) electrons. The van der Waals surface area contributed by atoms with Gasteiger partial charge in [0, 0.05) is 39.8 Å². The summed E-state index contributed by atoms with van der Waals surface area (Å²) in [4.78, 5) is 20.1. The monoisotopic (exact) mass is 462 g/mol. The summed E-state index contributed by atoms with van der Waals surface area (Å²) in [7, 11) is 3.13. The average Bonchev–Trinajstić information content (AvgIpc) is 2.62. The van der Waals surface area contributed by atoms with Gasteiger partial charge in [-0.2, -0.15) is 0 Å². The van der Waals surface area contributed by atoms with Crippen LogP contribution in [0.25, 0.3) is 0 Å². The lowest BCUT2D eigenvalue weighted by atomic mass is 10.2. The Bertz CT molecular complexity index is 589. The smallest absolute Gasteiger partial charge is 0.310 e. The molecule has 8 heteroatoms. The maximum Gasteiger partial charge on any atom is 0.310 e. The van der Waals surface area contributed by atoms with Gasteiger partial charge in [-0.1, -0.05) is 19.1 Å². The summed E-state index contributed by atoms with van der Waals surface area (Å²) in [6.07, 6.45) is 0. The standard InChI is InChI=1S/C17H26N4O3.HI/c1-13(16(23)24-3)12-19-17(18-2)21-10-8-20(9-11-21)14-6-4-5-7-15(14)22;/h4-7,13,22H,8-12H2,1-3H3,(H,18,19);1H. The predicted molar refractivity (Wildman–Crippen MR) is 110 cm³/mol. The highest BCUT2D eigenvalue weighted by atomic mass is 127. The van der Waals surface area contributed by atoms with Gasteiger partial charge in [-0.3, -0.25) is 9.79 Å². The third kappa shape index (κ3) is 5.65. The van der Waals surface area contributed by atoms with Gasteiger partial charge in [0.15, 0.2) is 5.96 Å². The number of phenolic OH excluding ortho intramolecular Hbond substituents is 1. The van der Waals surface area contributed by atoms with Crippen LogP contribution in [0, 0.1) is 5.92 Å². The molecule has 1 atom stereocenters. The van der Waals surface area contributed by atoms with Crippen molar-refractivity contribution in [3.8, 4) is 5.75 Å². The van der Waals surface area contributed by atoms with Gasteiger partial charge in [0.25, 0.3) is 0 Å². The molecule has 140 valence electrons. The van der Waals surface area contributed by atoms with Crippen molar-refractivity contribution in [2.45, 2.75) is 6.92 Å². The highest BCUT2D eigenvalue weighted by Crippen LogP contribution is 2.27. The number of benzene rings is 1. The van der Waals surface area contributed by atoms with E-state index in [2.05, 4.69) is 20.1 Å². The van der Waals surface area contributed by atoms with Crippen LogP contribution in [0.2, 0.25) is 0 Å². The van der Waals surface area contributed by atoms with Gasteiger partial charge in [-0.25, -0.2) is 0 Å². The van der Waals surface area contributed by atoms with Gasteiger partial charge in [0.1, 0.15) is 5.75 Å². The number of para-hydroxylation sites is 2. The summed E-state index contributed by atoms with van der Waals surface area (Å²) in [5.41, 5.74) is 0.861. The molecular formula is C17H27IN4O3. The molecule has 2 N–H and O–H groups in total. The molecule has 1 aromatic rings. The largest absolute Gasteiger partial charge is 0.506 e. The molecule has 1 aromatic carbocycles. The Morgan fingerprint density at radius 3 is 2.52 bits per heavy atom. The van der Waals surface area contributed by atoms with Crippen molar-refractivity contribution in [2.75, 3.05) is 51.8 Å². The molecule has 1 heterocycles. The van der Waals surface area contributed by atoms with E-state index in [4.69, 9.17) is 4.74 Å². The first-order chi connectivity index (χ1) is 11.6. The van der Waals surface area contributed by atoms with Crippen LogP contribution in [-0.2, 0) is 9.53 Å². The first kappa shape index (κ1) is 21.3. The SMILES string of the molecule is CN=C(NCC(C)C(=O)OC)N1CCN(c2ccccc2O)CC1.I.